The SMILES string of the molecule is CCCCCCc1ccc(-c2ccc3c(c2)CC(F)(F)C(O)=C3)nc1F. The van der Waals surface area contributed by atoms with Gasteiger partial charge in [-0.1, -0.05) is 44.4 Å². The van der Waals surface area contributed by atoms with Crippen LogP contribution in [0.25, 0.3) is 17.3 Å². The van der Waals surface area contributed by atoms with Gasteiger partial charge in [0.05, 0.1) is 5.69 Å². The number of fused-ring (bicyclic) bond motifs is 1. The molecule has 1 aromatic carbocycles. The zero-order valence-electron chi connectivity index (χ0n) is 14.7. The third kappa shape index (κ3) is 3.92. The Labute approximate surface area is 151 Å². The molecule has 0 radical (unpaired) electrons. The summed E-state index contributed by atoms with van der Waals surface area (Å²) in [7, 11) is 0. The van der Waals surface area contributed by atoms with Crippen molar-refractivity contribution in [2.45, 2.75) is 51.4 Å². The molecule has 138 valence electrons. The molecule has 0 saturated heterocycles. The Bertz CT molecular complexity index is 830. The third-order valence-corrected chi connectivity index (χ3v) is 4.74. The molecule has 1 aliphatic carbocycles. The van der Waals surface area contributed by atoms with E-state index in [1.54, 1.807) is 30.3 Å². The van der Waals surface area contributed by atoms with E-state index in [1.807, 2.05) is 0 Å². The Morgan fingerprint density at radius 2 is 1.92 bits per heavy atom. The lowest BCUT2D eigenvalue weighted by molar-refractivity contribution is 0.000389. The van der Waals surface area contributed by atoms with Crippen LogP contribution in [0.3, 0.4) is 0 Å². The fourth-order valence-corrected chi connectivity index (χ4v) is 3.19. The molecule has 0 saturated carbocycles. The van der Waals surface area contributed by atoms with Crippen molar-refractivity contribution in [3.8, 4) is 11.3 Å². The lowest BCUT2D eigenvalue weighted by atomic mass is 9.91. The number of hydrogen-bond acceptors (Lipinski definition) is 2. The molecule has 26 heavy (non-hydrogen) atoms. The van der Waals surface area contributed by atoms with Crippen molar-refractivity contribution >= 4 is 6.08 Å². The van der Waals surface area contributed by atoms with Crippen LogP contribution < -0.4 is 0 Å². The number of aryl methyl sites for hydroxylation is 1. The highest BCUT2D eigenvalue weighted by Gasteiger charge is 2.38. The number of allylic oxidation sites excluding steroid dienone is 1. The predicted octanol–water partition coefficient (Wildman–Crippen LogP) is 6.10. The summed E-state index contributed by atoms with van der Waals surface area (Å²) in [5, 5.41) is 9.39. The summed E-state index contributed by atoms with van der Waals surface area (Å²) in [6.07, 6.45) is 5.42. The van der Waals surface area contributed by atoms with Gasteiger partial charge in [0.25, 0.3) is 0 Å². The van der Waals surface area contributed by atoms with Gasteiger partial charge in [-0.15, -0.1) is 0 Å². The third-order valence-electron chi connectivity index (χ3n) is 4.74. The number of aliphatic hydroxyl groups is 1. The summed E-state index contributed by atoms with van der Waals surface area (Å²) in [6.45, 7) is 2.13. The minimum absolute atomic E-state index is 0.413. The lowest BCUT2D eigenvalue weighted by Crippen LogP contribution is -2.25. The molecule has 0 fully saturated rings. The number of pyridine rings is 1. The molecule has 1 aliphatic rings. The second-order valence-electron chi connectivity index (χ2n) is 6.78. The molecule has 2 nitrogen and oxygen atoms in total. The van der Waals surface area contributed by atoms with Gasteiger partial charge in [-0.3, -0.25) is 0 Å². The Morgan fingerprint density at radius 3 is 2.65 bits per heavy atom. The minimum atomic E-state index is -3.27. The summed E-state index contributed by atoms with van der Waals surface area (Å²) in [5.74, 6) is -4.69. The van der Waals surface area contributed by atoms with Gasteiger partial charge in [0.15, 0.2) is 5.76 Å². The average Bonchev–Trinajstić information content (AvgIpc) is 2.60. The Balaban J connectivity index is 1.81. The molecular formula is C21H22F3NO. The molecule has 3 rings (SSSR count). The number of aromatic nitrogens is 1. The van der Waals surface area contributed by atoms with Gasteiger partial charge in [-0.05, 0) is 42.2 Å². The van der Waals surface area contributed by atoms with Crippen molar-refractivity contribution in [3.63, 3.8) is 0 Å². The van der Waals surface area contributed by atoms with Crippen LogP contribution in [-0.2, 0) is 12.8 Å². The highest BCUT2D eigenvalue weighted by atomic mass is 19.3. The summed E-state index contributed by atoms with van der Waals surface area (Å²) in [6, 6.07) is 8.40. The van der Waals surface area contributed by atoms with Gasteiger partial charge < -0.3 is 5.11 Å². The first-order valence-corrected chi connectivity index (χ1v) is 8.98. The number of unbranched alkanes of at least 4 members (excludes halogenated alkanes) is 3. The molecule has 1 heterocycles. The van der Waals surface area contributed by atoms with Gasteiger partial charge in [0.1, 0.15) is 0 Å². The van der Waals surface area contributed by atoms with E-state index in [9.17, 15) is 18.3 Å². The number of nitrogens with zero attached hydrogens (tertiary/aromatic N) is 1. The lowest BCUT2D eigenvalue weighted by Gasteiger charge is -2.22. The quantitative estimate of drug-likeness (QED) is 0.498. The maximum Gasteiger partial charge on any atom is 0.307 e. The first kappa shape index (κ1) is 18.5. The van der Waals surface area contributed by atoms with E-state index >= 15 is 0 Å². The van der Waals surface area contributed by atoms with E-state index in [1.165, 1.54) is 0 Å². The normalized spacial score (nSPS) is 15.5. The first-order valence-electron chi connectivity index (χ1n) is 8.98. The minimum Gasteiger partial charge on any atom is -0.506 e. The maximum absolute atomic E-state index is 14.3. The van der Waals surface area contributed by atoms with Crippen LogP contribution in [0, 0.1) is 5.95 Å². The van der Waals surface area contributed by atoms with Crippen molar-refractivity contribution in [2.24, 2.45) is 0 Å². The topological polar surface area (TPSA) is 33.1 Å². The molecular weight excluding hydrogens is 339 g/mol. The summed E-state index contributed by atoms with van der Waals surface area (Å²) < 4.78 is 41.7. The number of hydrogen-bond donors (Lipinski definition) is 1. The average molecular weight is 361 g/mol. The van der Waals surface area contributed by atoms with Crippen LogP contribution in [0.15, 0.2) is 36.1 Å². The fraction of sp³-hybridized carbons (Fsp3) is 0.381. The van der Waals surface area contributed by atoms with Crippen molar-refractivity contribution in [1.29, 1.82) is 0 Å². The standard InChI is InChI=1S/C21H22F3NO/c1-2-3-4-5-6-14-9-10-18(25-20(14)22)16-8-7-15-12-19(26)21(23,24)13-17(15)11-16/h7-12,26H,2-6,13H2,1H3. The molecule has 0 spiro atoms. The molecule has 0 bridgehead atoms. The van der Waals surface area contributed by atoms with E-state index in [2.05, 4.69) is 11.9 Å². The molecule has 2 aromatic rings. The van der Waals surface area contributed by atoms with E-state index in [0.717, 1.165) is 31.8 Å². The number of aliphatic hydroxyl groups excluding tert-OH is 1. The van der Waals surface area contributed by atoms with Crippen LogP contribution in [0.2, 0.25) is 0 Å². The Morgan fingerprint density at radius 1 is 1.12 bits per heavy atom. The molecule has 0 amide bonds. The highest BCUT2D eigenvalue weighted by Crippen LogP contribution is 2.36. The maximum atomic E-state index is 14.3. The number of alkyl halides is 2. The van der Waals surface area contributed by atoms with Crippen molar-refractivity contribution in [1.82, 2.24) is 4.98 Å². The molecule has 1 N–H and O–H groups in total. The van der Waals surface area contributed by atoms with Crippen LogP contribution in [0.4, 0.5) is 13.2 Å². The molecule has 0 atom stereocenters. The van der Waals surface area contributed by atoms with Crippen molar-refractivity contribution in [2.75, 3.05) is 0 Å². The van der Waals surface area contributed by atoms with Crippen LogP contribution in [0.5, 0.6) is 0 Å². The Hall–Kier alpha value is -2.30. The molecule has 0 unspecified atom stereocenters. The Kier molecular flexibility index (Phi) is 5.35. The zero-order chi connectivity index (χ0) is 18.7. The summed E-state index contributed by atoms with van der Waals surface area (Å²) in [4.78, 5) is 4.02. The molecule has 5 heteroatoms. The second-order valence-corrected chi connectivity index (χ2v) is 6.78. The van der Waals surface area contributed by atoms with Crippen LogP contribution >= 0.6 is 0 Å². The fourth-order valence-electron chi connectivity index (χ4n) is 3.19. The number of rotatable bonds is 6. The van der Waals surface area contributed by atoms with Gasteiger partial charge in [-0.25, -0.2) is 4.98 Å². The van der Waals surface area contributed by atoms with Gasteiger partial charge in [-0.2, -0.15) is 13.2 Å². The molecule has 1 aromatic heterocycles. The van der Waals surface area contributed by atoms with E-state index < -0.39 is 24.1 Å². The van der Waals surface area contributed by atoms with E-state index in [-0.39, 0.29) is 0 Å². The van der Waals surface area contributed by atoms with Gasteiger partial charge in [0.2, 0.25) is 5.95 Å². The van der Waals surface area contributed by atoms with Crippen molar-refractivity contribution < 1.29 is 18.3 Å². The van der Waals surface area contributed by atoms with Crippen LogP contribution in [0.1, 0.15) is 49.3 Å². The summed E-state index contributed by atoms with van der Waals surface area (Å²) in [5.41, 5.74) is 2.55. The summed E-state index contributed by atoms with van der Waals surface area (Å²) >= 11 is 0. The monoisotopic (exact) mass is 361 g/mol. The van der Waals surface area contributed by atoms with E-state index in [0.29, 0.717) is 34.4 Å². The van der Waals surface area contributed by atoms with Crippen molar-refractivity contribution in [3.05, 3.63) is 58.7 Å². The zero-order valence-corrected chi connectivity index (χ0v) is 14.7. The van der Waals surface area contributed by atoms with Crippen LogP contribution in [-0.4, -0.2) is 16.0 Å². The van der Waals surface area contributed by atoms with Gasteiger partial charge in [0, 0.05) is 17.5 Å². The largest absolute Gasteiger partial charge is 0.506 e. The van der Waals surface area contributed by atoms with Gasteiger partial charge >= 0.3 is 5.92 Å². The highest BCUT2D eigenvalue weighted by molar-refractivity contribution is 5.68. The number of halogens is 3. The molecule has 0 aliphatic heterocycles. The smallest absolute Gasteiger partial charge is 0.307 e. The predicted molar refractivity (Wildman–Crippen MR) is 96.7 cm³/mol. The van der Waals surface area contributed by atoms with E-state index in [4.69, 9.17) is 0 Å². The second kappa shape index (κ2) is 7.52. The first-order chi connectivity index (χ1) is 12.4. The number of benzene rings is 1.